The molecule has 0 aromatic heterocycles. The van der Waals surface area contributed by atoms with Crippen molar-refractivity contribution in [2.75, 3.05) is 0 Å². The number of nitrogens with two attached hydrogens (primary N) is 1. The molecule has 0 spiro atoms. The fraction of sp³-hybridized carbons (Fsp3) is 0.455. The van der Waals surface area contributed by atoms with Crippen LogP contribution in [0.2, 0.25) is 10.0 Å². The van der Waals surface area contributed by atoms with Crippen molar-refractivity contribution in [2.45, 2.75) is 31.9 Å². The van der Waals surface area contributed by atoms with Gasteiger partial charge in [0.25, 0.3) is 0 Å². The van der Waals surface area contributed by atoms with Crippen LogP contribution < -0.4 is 5.73 Å². The third-order valence-electron chi connectivity index (χ3n) is 2.34. The molecule has 0 bridgehead atoms. The summed E-state index contributed by atoms with van der Waals surface area (Å²) in [6.07, 6.45) is 0.961. The summed E-state index contributed by atoms with van der Waals surface area (Å²) in [6, 6.07) is 4.79. The Labute approximate surface area is 100.0 Å². The van der Waals surface area contributed by atoms with E-state index in [1.165, 1.54) is 0 Å². The summed E-state index contributed by atoms with van der Waals surface area (Å²) in [7, 11) is 0. The third-order valence-corrected chi connectivity index (χ3v) is 3.17. The summed E-state index contributed by atoms with van der Waals surface area (Å²) in [5.41, 5.74) is 6.60. The van der Waals surface area contributed by atoms with Crippen LogP contribution in [0.15, 0.2) is 18.2 Å². The second kappa shape index (κ2) is 5.71. The van der Waals surface area contributed by atoms with Gasteiger partial charge in [0.05, 0.1) is 22.2 Å². The number of hydrogen-bond acceptors (Lipinski definition) is 2. The van der Waals surface area contributed by atoms with Crippen LogP contribution in [0, 0.1) is 0 Å². The average Bonchev–Trinajstić information content (AvgIpc) is 2.21. The quantitative estimate of drug-likeness (QED) is 0.859. The largest absolute Gasteiger partial charge is 0.391 e. The molecule has 0 amide bonds. The van der Waals surface area contributed by atoms with Crippen LogP contribution >= 0.6 is 23.2 Å². The highest BCUT2D eigenvalue weighted by Gasteiger charge is 2.19. The molecule has 1 rings (SSSR count). The molecule has 1 aromatic carbocycles. The minimum atomic E-state index is -0.578. The lowest BCUT2D eigenvalue weighted by molar-refractivity contribution is 0.134. The highest BCUT2D eigenvalue weighted by Crippen LogP contribution is 2.30. The summed E-state index contributed by atoms with van der Waals surface area (Å²) in [5.74, 6) is 0. The first-order chi connectivity index (χ1) is 7.07. The van der Waals surface area contributed by atoms with Gasteiger partial charge < -0.3 is 10.8 Å². The summed E-state index contributed by atoms with van der Waals surface area (Å²) in [5, 5.41) is 10.7. The second-order valence-corrected chi connectivity index (χ2v) is 4.31. The monoisotopic (exact) mass is 247 g/mol. The van der Waals surface area contributed by atoms with Crippen LogP contribution in [-0.2, 0) is 0 Å². The first-order valence-corrected chi connectivity index (χ1v) is 5.71. The number of aliphatic hydroxyl groups excluding tert-OH is 1. The average molecular weight is 248 g/mol. The maximum atomic E-state index is 9.76. The molecular formula is C11H15Cl2NO. The molecular weight excluding hydrogens is 233 g/mol. The Balaban J connectivity index is 2.90. The predicted octanol–water partition coefficient (Wildman–Crippen LogP) is 3.15. The first kappa shape index (κ1) is 12.8. The van der Waals surface area contributed by atoms with Crippen LogP contribution in [0.3, 0.4) is 0 Å². The van der Waals surface area contributed by atoms with E-state index in [4.69, 9.17) is 28.9 Å². The van der Waals surface area contributed by atoms with Crippen LogP contribution in [0.25, 0.3) is 0 Å². The van der Waals surface area contributed by atoms with Crippen LogP contribution in [0.4, 0.5) is 0 Å². The minimum Gasteiger partial charge on any atom is -0.391 e. The molecule has 0 aliphatic rings. The number of aliphatic hydroxyl groups is 1. The molecule has 2 atom stereocenters. The zero-order valence-electron chi connectivity index (χ0n) is 8.58. The molecule has 0 fully saturated rings. The predicted molar refractivity (Wildman–Crippen MR) is 64.3 cm³/mol. The Hall–Kier alpha value is -0.280. The van der Waals surface area contributed by atoms with Gasteiger partial charge in [-0.2, -0.15) is 0 Å². The standard InChI is InChI=1S/C11H15Cl2NO/c1-2-4-9(15)11(14)7-5-3-6-8(12)10(7)13/h3,5-6,9,11,15H,2,4,14H2,1H3/t9-,11+/m1/s1. The third kappa shape index (κ3) is 3.08. The number of halogens is 2. The van der Waals surface area contributed by atoms with Gasteiger partial charge in [-0.05, 0) is 18.1 Å². The van der Waals surface area contributed by atoms with E-state index in [9.17, 15) is 5.11 Å². The van der Waals surface area contributed by atoms with Gasteiger partial charge in [-0.1, -0.05) is 48.7 Å². The maximum absolute atomic E-state index is 9.76. The van der Waals surface area contributed by atoms with Crippen molar-refractivity contribution < 1.29 is 5.11 Å². The highest BCUT2D eigenvalue weighted by atomic mass is 35.5. The molecule has 3 N–H and O–H groups in total. The van der Waals surface area contributed by atoms with Crippen molar-refractivity contribution in [2.24, 2.45) is 5.73 Å². The number of benzene rings is 1. The van der Waals surface area contributed by atoms with Gasteiger partial charge in [0.1, 0.15) is 0 Å². The Morgan fingerprint density at radius 1 is 1.40 bits per heavy atom. The molecule has 0 unspecified atom stereocenters. The highest BCUT2D eigenvalue weighted by molar-refractivity contribution is 6.42. The van der Waals surface area contributed by atoms with Crippen molar-refractivity contribution in [1.29, 1.82) is 0 Å². The molecule has 4 heteroatoms. The Morgan fingerprint density at radius 2 is 2.07 bits per heavy atom. The smallest absolute Gasteiger partial charge is 0.0733 e. The van der Waals surface area contributed by atoms with Gasteiger partial charge in [0.15, 0.2) is 0 Å². The summed E-state index contributed by atoms with van der Waals surface area (Å²) < 4.78 is 0. The molecule has 0 heterocycles. The van der Waals surface area contributed by atoms with E-state index in [2.05, 4.69) is 0 Å². The van der Waals surface area contributed by atoms with Crippen molar-refractivity contribution in [3.63, 3.8) is 0 Å². The molecule has 0 aliphatic carbocycles. The van der Waals surface area contributed by atoms with E-state index < -0.39 is 12.1 Å². The zero-order chi connectivity index (χ0) is 11.4. The maximum Gasteiger partial charge on any atom is 0.0733 e. The molecule has 15 heavy (non-hydrogen) atoms. The van der Waals surface area contributed by atoms with Gasteiger partial charge in [0, 0.05) is 0 Å². The second-order valence-electron chi connectivity index (χ2n) is 3.52. The molecule has 1 aromatic rings. The molecule has 0 radical (unpaired) electrons. The fourth-order valence-corrected chi connectivity index (χ4v) is 1.89. The lowest BCUT2D eigenvalue weighted by Crippen LogP contribution is -2.26. The summed E-state index contributed by atoms with van der Waals surface area (Å²) in [4.78, 5) is 0. The SMILES string of the molecule is CCC[C@@H](O)[C@@H](N)c1cccc(Cl)c1Cl. The van der Waals surface area contributed by atoms with E-state index in [1.807, 2.05) is 6.92 Å². The molecule has 0 aliphatic heterocycles. The van der Waals surface area contributed by atoms with E-state index in [-0.39, 0.29) is 0 Å². The molecule has 0 saturated carbocycles. The number of hydrogen-bond donors (Lipinski definition) is 2. The Bertz CT molecular complexity index is 330. The van der Waals surface area contributed by atoms with Crippen LogP contribution in [0.1, 0.15) is 31.4 Å². The van der Waals surface area contributed by atoms with E-state index in [0.717, 1.165) is 6.42 Å². The van der Waals surface area contributed by atoms with Crippen molar-refractivity contribution >= 4 is 23.2 Å². The van der Waals surface area contributed by atoms with Gasteiger partial charge >= 0.3 is 0 Å². The van der Waals surface area contributed by atoms with Crippen molar-refractivity contribution in [3.05, 3.63) is 33.8 Å². The van der Waals surface area contributed by atoms with Crippen molar-refractivity contribution in [1.82, 2.24) is 0 Å². The zero-order valence-corrected chi connectivity index (χ0v) is 10.1. The Morgan fingerprint density at radius 3 is 2.67 bits per heavy atom. The topological polar surface area (TPSA) is 46.2 Å². The van der Waals surface area contributed by atoms with Crippen LogP contribution in [0.5, 0.6) is 0 Å². The van der Waals surface area contributed by atoms with Crippen LogP contribution in [-0.4, -0.2) is 11.2 Å². The lowest BCUT2D eigenvalue weighted by Gasteiger charge is -2.20. The minimum absolute atomic E-state index is 0.432. The molecule has 0 saturated heterocycles. The van der Waals surface area contributed by atoms with Crippen molar-refractivity contribution in [3.8, 4) is 0 Å². The van der Waals surface area contributed by atoms with Gasteiger partial charge in [-0.15, -0.1) is 0 Å². The Kier molecular flexibility index (Phi) is 4.87. The normalized spacial score (nSPS) is 15.0. The molecule has 2 nitrogen and oxygen atoms in total. The number of rotatable bonds is 4. The molecule has 84 valence electrons. The van der Waals surface area contributed by atoms with E-state index >= 15 is 0 Å². The van der Waals surface area contributed by atoms with Gasteiger partial charge in [-0.3, -0.25) is 0 Å². The fourth-order valence-electron chi connectivity index (χ4n) is 1.46. The summed E-state index contributed by atoms with van der Waals surface area (Å²) >= 11 is 11.9. The van der Waals surface area contributed by atoms with E-state index in [1.54, 1.807) is 18.2 Å². The van der Waals surface area contributed by atoms with E-state index in [0.29, 0.717) is 22.0 Å². The van der Waals surface area contributed by atoms with Gasteiger partial charge in [-0.25, -0.2) is 0 Å². The summed E-state index contributed by atoms with van der Waals surface area (Å²) in [6.45, 7) is 2.00. The lowest BCUT2D eigenvalue weighted by atomic mass is 9.99. The first-order valence-electron chi connectivity index (χ1n) is 4.95. The van der Waals surface area contributed by atoms with Gasteiger partial charge in [0.2, 0.25) is 0 Å².